The molecule has 0 atom stereocenters. The SMILES string of the molecule is O=C(NCc1nnc2n1CCC2)Nc1ccc(F)c(-n2cccc2)c1. The average molecular weight is 340 g/mol. The molecule has 3 heterocycles. The van der Waals surface area contributed by atoms with Crippen molar-refractivity contribution in [1.82, 2.24) is 24.6 Å². The Bertz CT molecular complexity index is 902. The molecule has 0 spiro atoms. The molecular weight excluding hydrogens is 323 g/mol. The van der Waals surface area contributed by atoms with Crippen LogP contribution in [0.1, 0.15) is 18.1 Å². The van der Waals surface area contributed by atoms with Gasteiger partial charge in [-0.15, -0.1) is 10.2 Å². The van der Waals surface area contributed by atoms with E-state index in [1.165, 1.54) is 12.1 Å². The van der Waals surface area contributed by atoms with Crippen molar-refractivity contribution in [1.29, 1.82) is 0 Å². The van der Waals surface area contributed by atoms with E-state index in [9.17, 15) is 9.18 Å². The van der Waals surface area contributed by atoms with Crippen molar-refractivity contribution in [2.24, 2.45) is 0 Å². The summed E-state index contributed by atoms with van der Waals surface area (Å²) in [7, 11) is 0. The number of fused-ring (bicyclic) bond motifs is 1. The number of carbonyl (C=O) groups excluding carboxylic acids is 1. The van der Waals surface area contributed by atoms with Gasteiger partial charge in [-0.2, -0.15) is 0 Å². The third-order valence-corrected chi connectivity index (χ3v) is 4.18. The minimum atomic E-state index is -0.375. The molecule has 0 radical (unpaired) electrons. The fourth-order valence-electron chi connectivity index (χ4n) is 2.96. The monoisotopic (exact) mass is 340 g/mol. The number of halogens is 1. The van der Waals surface area contributed by atoms with Gasteiger partial charge >= 0.3 is 6.03 Å². The molecule has 0 fully saturated rings. The molecule has 2 aromatic heterocycles. The van der Waals surface area contributed by atoms with Crippen LogP contribution in [0.5, 0.6) is 0 Å². The van der Waals surface area contributed by atoms with Crippen LogP contribution in [0.2, 0.25) is 0 Å². The molecule has 0 aliphatic carbocycles. The number of aromatic nitrogens is 4. The number of urea groups is 1. The topological polar surface area (TPSA) is 76.8 Å². The van der Waals surface area contributed by atoms with E-state index in [0.717, 1.165) is 31.0 Å². The van der Waals surface area contributed by atoms with Gasteiger partial charge in [0.15, 0.2) is 5.82 Å². The van der Waals surface area contributed by atoms with Gasteiger partial charge in [-0.25, -0.2) is 9.18 Å². The second-order valence-corrected chi connectivity index (χ2v) is 5.85. The van der Waals surface area contributed by atoms with Crippen LogP contribution < -0.4 is 10.6 Å². The maximum atomic E-state index is 14.0. The number of anilines is 1. The lowest BCUT2D eigenvalue weighted by molar-refractivity contribution is 0.251. The molecule has 1 aliphatic heterocycles. The first-order chi connectivity index (χ1) is 12.2. The number of rotatable bonds is 4. The number of nitrogens with zero attached hydrogens (tertiary/aromatic N) is 4. The van der Waals surface area contributed by atoms with Crippen molar-refractivity contribution in [3.8, 4) is 5.69 Å². The normalized spacial score (nSPS) is 12.8. The highest BCUT2D eigenvalue weighted by atomic mass is 19.1. The number of amides is 2. The van der Waals surface area contributed by atoms with Gasteiger partial charge in [0.25, 0.3) is 0 Å². The largest absolute Gasteiger partial charge is 0.331 e. The zero-order valence-corrected chi connectivity index (χ0v) is 13.4. The summed E-state index contributed by atoms with van der Waals surface area (Å²) in [4.78, 5) is 12.1. The molecule has 0 unspecified atom stereocenters. The maximum absolute atomic E-state index is 14.0. The minimum absolute atomic E-state index is 0.296. The molecule has 2 N–H and O–H groups in total. The van der Waals surface area contributed by atoms with Crippen LogP contribution in [0.3, 0.4) is 0 Å². The van der Waals surface area contributed by atoms with Crippen LogP contribution in [-0.4, -0.2) is 25.4 Å². The van der Waals surface area contributed by atoms with Gasteiger partial charge in [-0.05, 0) is 36.8 Å². The summed E-state index contributed by atoms with van der Waals surface area (Å²) in [5, 5.41) is 13.7. The van der Waals surface area contributed by atoms with Crippen LogP contribution in [0, 0.1) is 5.82 Å². The van der Waals surface area contributed by atoms with Crippen LogP contribution in [-0.2, 0) is 19.5 Å². The molecule has 2 amide bonds. The standard InChI is InChI=1S/C17H17FN6O/c18-13-6-5-12(10-14(13)23-7-1-2-8-23)20-17(25)19-11-16-22-21-15-4-3-9-24(15)16/h1-2,5-8,10H,3-4,9,11H2,(H2,19,20,25). The van der Waals surface area contributed by atoms with E-state index < -0.39 is 0 Å². The third-order valence-electron chi connectivity index (χ3n) is 4.18. The Kier molecular flexibility index (Phi) is 3.93. The highest BCUT2D eigenvalue weighted by Crippen LogP contribution is 2.19. The predicted molar refractivity (Wildman–Crippen MR) is 89.9 cm³/mol. The Morgan fingerprint density at radius 2 is 2.08 bits per heavy atom. The van der Waals surface area contributed by atoms with E-state index in [4.69, 9.17) is 0 Å². The van der Waals surface area contributed by atoms with E-state index >= 15 is 0 Å². The van der Waals surface area contributed by atoms with E-state index in [1.54, 1.807) is 23.0 Å². The number of aryl methyl sites for hydroxylation is 1. The maximum Gasteiger partial charge on any atom is 0.319 e. The number of hydrogen-bond acceptors (Lipinski definition) is 3. The highest BCUT2D eigenvalue weighted by Gasteiger charge is 2.17. The van der Waals surface area contributed by atoms with Gasteiger partial charge in [0.05, 0.1) is 12.2 Å². The molecule has 4 rings (SSSR count). The van der Waals surface area contributed by atoms with E-state index in [1.807, 2.05) is 16.7 Å². The molecule has 3 aromatic rings. The summed E-state index contributed by atoms with van der Waals surface area (Å²) in [5.41, 5.74) is 0.882. The van der Waals surface area contributed by atoms with Crippen molar-refractivity contribution < 1.29 is 9.18 Å². The van der Waals surface area contributed by atoms with Crippen molar-refractivity contribution in [2.75, 3.05) is 5.32 Å². The average Bonchev–Trinajstić information content (AvgIpc) is 3.33. The zero-order valence-electron chi connectivity index (χ0n) is 13.4. The highest BCUT2D eigenvalue weighted by molar-refractivity contribution is 5.89. The quantitative estimate of drug-likeness (QED) is 0.766. The molecule has 1 aromatic carbocycles. The summed E-state index contributed by atoms with van der Waals surface area (Å²) in [5.74, 6) is 1.35. The van der Waals surface area contributed by atoms with Gasteiger partial charge in [0.2, 0.25) is 0 Å². The van der Waals surface area contributed by atoms with E-state index in [0.29, 0.717) is 17.9 Å². The number of hydrogen-bond donors (Lipinski definition) is 2. The molecule has 128 valence electrons. The van der Waals surface area contributed by atoms with E-state index in [2.05, 4.69) is 20.8 Å². The molecular formula is C17H17FN6O. The second-order valence-electron chi connectivity index (χ2n) is 5.85. The Labute approximate surface area is 143 Å². The zero-order chi connectivity index (χ0) is 17.2. The van der Waals surface area contributed by atoms with E-state index in [-0.39, 0.29) is 11.8 Å². The molecule has 0 bridgehead atoms. The summed E-state index contributed by atoms with van der Waals surface area (Å²) >= 11 is 0. The van der Waals surface area contributed by atoms with Crippen molar-refractivity contribution in [3.63, 3.8) is 0 Å². The summed E-state index contributed by atoms with van der Waals surface area (Å²) < 4.78 is 17.6. The van der Waals surface area contributed by atoms with Gasteiger partial charge in [-0.3, -0.25) is 0 Å². The van der Waals surface area contributed by atoms with Crippen molar-refractivity contribution in [2.45, 2.75) is 25.9 Å². The van der Waals surface area contributed by atoms with Gasteiger partial charge in [0.1, 0.15) is 11.6 Å². The first-order valence-corrected chi connectivity index (χ1v) is 8.09. The van der Waals surface area contributed by atoms with Crippen LogP contribution in [0.25, 0.3) is 5.69 Å². The molecule has 0 saturated carbocycles. The fourth-order valence-corrected chi connectivity index (χ4v) is 2.96. The molecule has 0 saturated heterocycles. The molecule has 25 heavy (non-hydrogen) atoms. The lowest BCUT2D eigenvalue weighted by Gasteiger charge is -2.10. The van der Waals surface area contributed by atoms with Crippen LogP contribution in [0.15, 0.2) is 42.7 Å². The minimum Gasteiger partial charge on any atom is -0.331 e. The predicted octanol–water partition coefficient (Wildman–Crippen LogP) is 2.48. The fraction of sp³-hybridized carbons (Fsp3) is 0.235. The first kappa shape index (κ1) is 15.4. The Hall–Kier alpha value is -3.16. The smallest absolute Gasteiger partial charge is 0.319 e. The van der Waals surface area contributed by atoms with Gasteiger partial charge in [-0.1, -0.05) is 0 Å². The lowest BCUT2D eigenvalue weighted by atomic mass is 10.2. The number of carbonyl (C=O) groups is 1. The first-order valence-electron chi connectivity index (χ1n) is 8.09. The Balaban J connectivity index is 1.41. The molecule has 7 nitrogen and oxygen atoms in total. The van der Waals surface area contributed by atoms with Crippen molar-refractivity contribution in [3.05, 3.63) is 60.2 Å². The van der Waals surface area contributed by atoms with Crippen LogP contribution in [0.4, 0.5) is 14.9 Å². The van der Waals surface area contributed by atoms with Crippen LogP contribution >= 0.6 is 0 Å². The van der Waals surface area contributed by atoms with Gasteiger partial charge in [0, 0.05) is 31.0 Å². The third kappa shape index (κ3) is 3.10. The number of benzene rings is 1. The van der Waals surface area contributed by atoms with Gasteiger partial charge < -0.3 is 19.8 Å². The Morgan fingerprint density at radius 3 is 2.92 bits per heavy atom. The lowest BCUT2D eigenvalue weighted by Crippen LogP contribution is -2.29. The molecule has 1 aliphatic rings. The molecule has 8 heteroatoms. The summed E-state index contributed by atoms with van der Waals surface area (Å²) in [6.07, 6.45) is 5.47. The van der Waals surface area contributed by atoms with Crippen molar-refractivity contribution >= 4 is 11.7 Å². The Morgan fingerprint density at radius 1 is 1.24 bits per heavy atom. The summed E-state index contributed by atoms with van der Waals surface area (Å²) in [6.45, 7) is 1.18. The summed E-state index contributed by atoms with van der Waals surface area (Å²) in [6, 6.07) is 7.68. The number of nitrogens with one attached hydrogen (secondary N) is 2. The second kappa shape index (κ2) is 6.39.